The van der Waals surface area contributed by atoms with Gasteiger partial charge in [0.1, 0.15) is 17.9 Å². The monoisotopic (exact) mass is 395 g/mol. The summed E-state index contributed by atoms with van der Waals surface area (Å²) in [4.78, 5) is 24.5. The van der Waals surface area contributed by atoms with E-state index in [2.05, 4.69) is 0 Å². The number of primary amides is 1. The third-order valence-electron chi connectivity index (χ3n) is 4.03. The summed E-state index contributed by atoms with van der Waals surface area (Å²) in [6.45, 7) is 0.182. The lowest BCUT2D eigenvalue weighted by molar-refractivity contribution is -0.127. The molecule has 1 unspecified atom stereocenters. The van der Waals surface area contributed by atoms with E-state index in [0.29, 0.717) is 16.3 Å². The molecule has 0 saturated heterocycles. The molecule has 1 amide bonds. The van der Waals surface area contributed by atoms with E-state index in [4.69, 9.17) is 26.8 Å². The third-order valence-corrected chi connectivity index (χ3v) is 4.40. The highest BCUT2D eigenvalue weighted by atomic mass is 35.5. The molecule has 0 aromatic heterocycles. The first-order valence-corrected chi connectivity index (χ1v) is 8.94. The molecule has 6 heteroatoms. The van der Waals surface area contributed by atoms with Crippen molar-refractivity contribution in [1.82, 2.24) is 0 Å². The maximum absolute atomic E-state index is 12.7. The Hall–Kier alpha value is -3.31. The zero-order valence-electron chi connectivity index (χ0n) is 14.9. The number of ether oxygens (including phenoxy) is 2. The van der Waals surface area contributed by atoms with Crippen LogP contribution in [0, 0.1) is 0 Å². The topological polar surface area (TPSA) is 78.6 Å². The Morgan fingerprint density at radius 3 is 2.25 bits per heavy atom. The second-order valence-electron chi connectivity index (χ2n) is 5.97. The standard InChI is InChI=1S/C22H18ClNO4/c23-18-12-6-4-10-16(18)14-27-19-13-7-5-11-17(19)22(26)28-20(21(24)25)15-8-2-1-3-9-15/h1-13,20H,14H2,(H2,24,25). The van der Waals surface area contributed by atoms with Gasteiger partial charge in [-0.3, -0.25) is 4.79 Å². The molecule has 28 heavy (non-hydrogen) atoms. The van der Waals surface area contributed by atoms with Crippen LogP contribution in [0.4, 0.5) is 0 Å². The number of benzene rings is 3. The van der Waals surface area contributed by atoms with Crippen LogP contribution in [0.3, 0.4) is 0 Å². The van der Waals surface area contributed by atoms with E-state index >= 15 is 0 Å². The van der Waals surface area contributed by atoms with Crippen molar-refractivity contribution >= 4 is 23.5 Å². The largest absolute Gasteiger partial charge is 0.488 e. The van der Waals surface area contributed by atoms with Gasteiger partial charge in [-0.25, -0.2) is 4.79 Å². The van der Waals surface area contributed by atoms with E-state index in [1.165, 1.54) is 0 Å². The molecule has 3 rings (SSSR count). The molecule has 1 atom stereocenters. The second kappa shape index (κ2) is 9.06. The molecule has 2 N–H and O–H groups in total. The van der Waals surface area contributed by atoms with Crippen molar-refractivity contribution in [2.24, 2.45) is 5.73 Å². The Bertz CT molecular complexity index is 975. The van der Waals surface area contributed by atoms with Crippen molar-refractivity contribution in [1.29, 1.82) is 0 Å². The minimum absolute atomic E-state index is 0.182. The first-order chi connectivity index (χ1) is 13.6. The van der Waals surface area contributed by atoms with Gasteiger partial charge in [0.15, 0.2) is 0 Å². The van der Waals surface area contributed by atoms with E-state index in [-0.39, 0.29) is 12.2 Å². The van der Waals surface area contributed by atoms with Crippen LogP contribution in [0.2, 0.25) is 5.02 Å². The van der Waals surface area contributed by atoms with E-state index in [9.17, 15) is 9.59 Å². The second-order valence-corrected chi connectivity index (χ2v) is 6.38. The number of hydrogen-bond donors (Lipinski definition) is 1. The predicted octanol–water partition coefficient (Wildman–Crippen LogP) is 4.30. The molecule has 3 aromatic rings. The van der Waals surface area contributed by atoms with Crippen LogP contribution in [0.5, 0.6) is 5.75 Å². The Morgan fingerprint density at radius 1 is 0.893 bits per heavy atom. The Morgan fingerprint density at radius 2 is 1.54 bits per heavy atom. The highest BCUT2D eigenvalue weighted by Gasteiger charge is 2.25. The molecule has 0 heterocycles. The van der Waals surface area contributed by atoms with Crippen LogP contribution in [-0.4, -0.2) is 11.9 Å². The van der Waals surface area contributed by atoms with E-state index in [1.807, 2.05) is 18.2 Å². The van der Waals surface area contributed by atoms with Gasteiger partial charge in [-0.15, -0.1) is 0 Å². The highest BCUT2D eigenvalue weighted by Crippen LogP contribution is 2.25. The van der Waals surface area contributed by atoms with E-state index in [1.54, 1.807) is 60.7 Å². The summed E-state index contributed by atoms with van der Waals surface area (Å²) in [5, 5.41) is 0.570. The van der Waals surface area contributed by atoms with Crippen molar-refractivity contribution in [3.8, 4) is 5.75 Å². The van der Waals surface area contributed by atoms with Crippen LogP contribution in [-0.2, 0) is 16.1 Å². The minimum atomic E-state index is -1.19. The first-order valence-electron chi connectivity index (χ1n) is 8.56. The summed E-state index contributed by atoms with van der Waals surface area (Å²) in [6.07, 6.45) is -1.19. The lowest BCUT2D eigenvalue weighted by Gasteiger charge is -2.17. The number of carbonyl (C=O) groups is 2. The zero-order chi connectivity index (χ0) is 19.9. The first kappa shape index (κ1) is 19.5. The molecule has 0 bridgehead atoms. The fraction of sp³-hybridized carbons (Fsp3) is 0.0909. The van der Waals surface area contributed by atoms with Gasteiger partial charge in [-0.2, -0.15) is 0 Å². The third kappa shape index (κ3) is 4.69. The number of rotatable bonds is 7. The van der Waals surface area contributed by atoms with E-state index < -0.39 is 18.0 Å². The number of halogens is 1. The molecule has 3 aromatic carbocycles. The number of para-hydroxylation sites is 1. The Balaban J connectivity index is 1.78. The number of amides is 1. The Kier molecular flexibility index (Phi) is 6.29. The fourth-order valence-corrected chi connectivity index (χ4v) is 2.81. The maximum Gasteiger partial charge on any atom is 0.343 e. The summed E-state index contributed by atoms with van der Waals surface area (Å²) < 4.78 is 11.2. The summed E-state index contributed by atoms with van der Waals surface area (Å²) in [6, 6.07) is 22.5. The number of esters is 1. The van der Waals surface area contributed by atoms with Gasteiger partial charge in [0.2, 0.25) is 6.10 Å². The van der Waals surface area contributed by atoms with Crippen molar-refractivity contribution in [2.75, 3.05) is 0 Å². The molecule has 0 aliphatic heterocycles. The van der Waals surface area contributed by atoms with Crippen molar-refractivity contribution in [2.45, 2.75) is 12.7 Å². The molecule has 0 radical (unpaired) electrons. The van der Waals surface area contributed by atoms with Gasteiger partial charge in [-0.05, 0) is 18.2 Å². The Labute approximate surface area is 167 Å². The van der Waals surface area contributed by atoms with Crippen LogP contribution in [0.15, 0.2) is 78.9 Å². The van der Waals surface area contributed by atoms with Crippen LogP contribution < -0.4 is 10.5 Å². The molecule has 5 nitrogen and oxygen atoms in total. The quantitative estimate of drug-likeness (QED) is 0.605. The number of hydrogen-bond acceptors (Lipinski definition) is 4. The molecule has 142 valence electrons. The summed E-state index contributed by atoms with van der Waals surface area (Å²) in [5.41, 5.74) is 6.90. The highest BCUT2D eigenvalue weighted by molar-refractivity contribution is 6.31. The summed E-state index contributed by atoms with van der Waals surface area (Å²) >= 11 is 6.14. The van der Waals surface area contributed by atoms with Crippen molar-refractivity contribution in [3.05, 3.63) is 101 Å². The smallest absolute Gasteiger partial charge is 0.343 e. The minimum Gasteiger partial charge on any atom is -0.488 e. The van der Waals surface area contributed by atoms with Crippen molar-refractivity contribution in [3.63, 3.8) is 0 Å². The van der Waals surface area contributed by atoms with Crippen molar-refractivity contribution < 1.29 is 19.1 Å². The zero-order valence-corrected chi connectivity index (χ0v) is 15.6. The summed E-state index contributed by atoms with van der Waals surface area (Å²) in [7, 11) is 0. The normalized spacial score (nSPS) is 11.5. The van der Waals surface area contributed by atoms with Crippen LogP contribution in [0.25, 0.3) is 0 Å². The number of nitrogens with two attached hydrogens (primary N) is 1. The van der Waals surface area contributed by atoms with E-state index in [0.717, 1.165) is 5.56 Å². The summed E-state index contributed by atoms with van der Waals surface area (Å²) in [5.74, 6) is -1.14. The SMILES string of the molecule is NC(=O)C(OC(=O)c1ccccc1OCc1ccccc1Cl)c1ccccc1. The lowest BCUT2D eigenvalue weighted by atomic mass is 10.1. The lowest BCUT2D eigenvalue weighted by Crippen LogP contribution is -2.26. The average Bonchev–Trinajstić information content (AvgIpc) is 2.72. The molecular weight excluding hydrogens is 378 g/mol. The number of carbonyl (C=O) groups excluding carboxylic acids is 2. The van der Waals surface area contributed by atoms with Gasteiger partial charge >= 0.3 is 5.97 Å². The van der Waals surface area contributed by atoms with Crippen LogP contribution >= 0.6 is 11.6 Å². The van der Waals surface area contributed by atoms with Gasteiger partial charge in [-0.1, -0.05) is 72.3 Å². The average molecular weight is 396 g/mol. The molecule has 0 fully saturated rings. The van der Waals surface area contributed by atoms with Gasteiger partial charge in [0.25, 0.3) is 5.91 Å². The molecule has 0 aliphatic carbocycles. The predicted molar refractivity (Wildman–Crippen MR) is 106 cm³/mol. The maximum atomic E-state index is 12.7. The van der Waals surface area contributed by atoms with Gasteiger partial charge in [0.05, 0.1) is 0 Å². The molecule has 0 aliphatic rings. The fourth-order valence-electron chi connectivity index (χ4n) is 2.62. The van der Waals surface area contributed by atoms with Crippen LogP contribution in [0.1, 0.15) is 27.6 Å². The van der Waals surface area contributed by atoms with Gasteiger partial charge < -0.3 is 15.2 Å². The molecule has 0 saturated carbocycles. The molecule has 0 spiro atoms. The van der Waals surface area contributed by atoms with Gasteiger partial charge in [0, 0.05) is 16.1 Å². The molecular formula is C22H18ClNO4.